The van der Waals surface area contributed by atoms with Gasteiger partial charge in [-0.15, -0.1) is 0 Å². The Morgan fingerprint density at radius 2 is 1.47 bits per heavy atom. The molecule has 0 fully saturated rings. The van der Waals surface area contributed by atoms with Crippen molar-refractivity contribution in [1.29, 1.82) is 0 Å². The maximum Gasteiger partial charge on any atom is 0.389 e. The third-order valence-electron chi connectivity index (χ3n) is 3.07. The largest absolute Gasteiger partial charge is 0.389 e. The minimum atomic E-state index is -4.13. The summed E-state index contributed by atoms with van der Waals surface area (Å²) in [5, 5.41) is 0. The summed E-state index contributed by atoms with van der Waals surface area (Å²) in [5.41, 5.74) is 0. The van der Waals surface area contributed by atoms with E-state index >= 15 is 0 Å². The van der Waals surface area contributed by atoms with E-state index in [1.165, 1.54) is 0 Å². The Morgan fingerprint density at radius 3 is 1.95 bits per heavy atom. The summed E-state index contributed by atoms with van der Waals surface area (Å²) in [6, 6.07) is 0. The highest BCUT2D eigenvalue weighted by molar-refractivity contribution is 6.67. The summed E-state index contributed by atoms with van der Waals surface area (Å²) >= 11 is 17.1. The molecule has 0 aliphatic carbocycles. The zero-order valence-corrected chi connectivity index (χ0v) is 13.5. The van der Waals surface area contributed by atoms with E-state index in [1.54, 1.807) is 0 Å². The van der Waals surface area contributed by atoms with E-state index in [0.717, 1.165) is 32.1 Å². The Hall–Kier alpha value is 0.660. The van der Waals surface area contributed by atoms with Crippen molar-refractivity contribution in [2.45, 2.75) is 74.7 Å². The van der Waals surface area contributed by atoms with Crippen LogP contribution in [0.5, 0.6) is 0 Å². The van der Waals surface area contributed by atoms with E-state index in [-0.39, 0.29) is 18.8 Å². The smallest absolute Gasteiger partial charge is 0.171 e. The topological polar surface area (TPSA) is 0 Å². The number of halogens is 6. The first kappa shape index (κ1) is 19.7. The van der Waals surface area contributed by atoms with Crippen LogP contribution >= 0.6 is 34.8 Å². The number of rotatable bonds is 9. The van der Waals surface area contributed by atoms with E-state index in [0.29, 0.717) is 6.42 Å². The normalized spacial score (nSPS) is 14.7. The van der Waals surface area contributed by atoms with Crippen molar-refractivity contribution in [3.63, 3.8) is 0 Å². The van der Waals surface area contributed by atoms with Gasteiger partial charge in [-0.1, -0.05) is 80.3 Å². The van der Waals surface area contributed by atoms with Gasteiger partial charge in [0.1, 0.15) is 0 Å². The minimum absolute atomic E-state index is 0.0468. The Balaban J connectivity index is 4.04. The molecule has 0 aromatic carbocycles. The van der Waals surface area contributed by atoms with Crippen LogP contribution in [0.25, 0.3) is 0 Å². The fraction of sp³-hybridized carbons (Fsp3) is 1.00. The Bertz CT molecular complexity index is 224. The molecule has 0 amide bonds. The highest BCUT2D eigenvalue weighted by Gasteiger charge is 2.31. The van der Waals surface area contributed by atoms with Crippen LogP contribution in [0.3, 0.4) is 0 Å². The maximum atomic E-state index is 12.2. The number of alkyl halides is 6. The lowest BCUT2D eigenvalue weighted by atomic mass is 9.93. The molecule has 0 aliphatic heterocycles. The monoisotopic (exact) mass is 340 g/mol. The molecule has 0 saturated heterocycles. The van der Waals surface area contributed by atoms with E-state index in [9.17, 15) is 13.2 Å². The second kappa shape index (κ2) is 9.57. The van der Waals surface area contributed by atoms with Crippen LogP contribution in [-0.2, 0) is 0 Å². The molecule has 0 aromatic rings. The first-order chi connectivity index (χ1) is 8.64. The highest BCUT2D eigenvalue weighted by Crippen LogP contribution is 2.38. The lowest BCUT2D eigenvalue weighted by molar-refractivity contribution is -0.137. The van der Waals surface area contributed by atoms with Gasteiger partial charge < -0.3 is 0 Å². The Labute approximate surface area is 129 Å². The molecule has 6 heteroatoms. The van der Waals surface area contributed by atoms with Gasteiger partial charge in [0.2, 0.25) is 0 Å². The summed E-state index contributed by atoms with van der Waals surface area (Å²) in [5.74, 6) is -0.171. The molecule has 116 valence electrons. The van der Waals surface area contributed by atoms with Crippen molar-refractivity contribution in [3.8, 4) is 0 Å². The van der Waals surface area contributed by atoms with Crippen molar-refractivity contribution in [2.75, 3.05) is 0 Å². The van der Waals surface area contributed by atoms with E-state index in [4.69, 9.17) is 34.8 Å². The van der Waals surface area contributed by atoms with Crippen LogP contribution in [0.15, 0.2) is 0 Å². The zero-order chi connectivity index (χ0) is 14.9. The minimum Gasteiger partial charge on any atom is -0.171 e. The molecule has 0 N–H and O–H groups in total. The molecule has 0 bridgehead atoms. The maximum absolute atomic E-state index is 12.2. The van der Waals surface area contributed by atoms with Crippen LogP contribution in [-0.4, -0.2) is 9.97 Å². The number of hydrogen-bond donors (Lipinski definition) is 0. The summed E-state index contributed by atoms with van der Waals surface area (Å²) in [6.45, 7) is 2.12. The highest BCUT2D eigenvalue weighted by atomic mass is 35.6. The lowest BCUT2D eigenvalue weighted by Crippen LogP contribution is -2.16. The SMILES string of the molecule is CCCCCCCC(CCC(F)(F)F)CC(Cl)(Cl)Cl. The van der Waals surface area contributed by atoms with Gasteiger partial charge in [-0.05, 0) is 18.8 Å². The molecule has 0 spiro atoms. The van der Waals surface area contributed by atoms with E-state index < -0.39 is 16.4 Å². The van der Waals surface area contributed by atoms with E-state index in [1.807, 2.05) is 0 Å². The van der Waals surface area contributed by atoms with Crippen LogP contribution in [0.1, 0.15) is 64.7 Å². The van der Waals surface area contributed by atoms with Crippen LogP contribution in [0, 0.1) is 5.92 Å². The van der Waals surface area contributed by atoms with Gasteiger partial charge in [-0.3, -0.25) is 0 Å². The molecular weight excluding hydrogens is 319 g/mol. The van der Waals surface area contributed by atoms with Gasteiger partial charge in [-0.25, -0.2) is 0 Å². The molecule has 0 rings (SSSR count). The van der Waals surface area contributed by atoms with Gasteiger partial charge in [0.05, 0.1) is 0 Å². The Kier molecular flexibility index (Phi) is 9.90. The van der Waals surface area contributed by atoms with Gasteiger partial charge >= 0.3 is 6.18 Å². The molecular formula is C13H22Cl3F3. The summed E-state index contributed by atoms with van der Waals surface area (Å²) in [4.78, 5) is 0. The van der Waals surface area contributed by atoms with Crippen molar-refractivity contribution in [2.24, 2.45) is 5.92 Å². The molecule has 0 aliphatic rings. The quantitative estimate of drug-likeness (QED) is 0.311. The lowest BCUT2D eigenvalue weighted by Gasteiger charge is -2.22. The standard InChI is InChI=1S/C13H22Cl3F3/c1-2-3-4-5-6-7-11(10-12(14,15)16)8-9-13(17,18)19/h11H,2-10H2,1H3. The van der Waals surface area contributed by atoms with Crippen molar-refractivity contribution < 1.29 is 13.2 Å². The average Bonchev–Trinajstić information content (AvgIpc) is 2.22. The first-order valence-corrected chi connectivity index (χ1v) is 7.91. The van der Waals surface area contributed by atoms with Gasteiger partial charge in [0, 0.05) is 6.42 Å². The predicted molar refractivity (Wildman–Crippen MR) is 77.1 cm³/mol. The second-order valence-corrected chi connectivity index (χ2v) is 7.56. The molecule has 0 radical (unpaired) electrons. The third kappa shape index (κ3) is 14.9. The molecule has 0 heterocycles. The molecule has 19 heavy (non-hydrogen) atoms. The van der Waals surface area contributed by atoms with Crippen LogP contribution in [0.2, 0.25) is 0 Å². The second-order valence-electron chi connectivity index (χ2n) is 5.04. The first-order valence-electron chi connectivity index (χ1n) is 6.77. The van der Waals surface area contributed by atoms with Crippen molar-refractivity contribution >= 4 is 34.8 Å². The summed E-state index contributed by atoms with van der Waals surface area (Å²) in [7, 11) is 0. The van der Waals surface area contributed by atoms with Crippen molar-refractivity contribution in [3.05, 3.63) is 0 Å². The molecule has 0 nitrogen and oxygen atoms in total. The molecule has 0 aromatic heterocycles. The van der Waals surface area contributed by atoms with E-state index in [2.05, 4.69) is 6.92 Å². The Morgan fingerprint density at radius 1 is 0.895 bits per heavy atom. The number of hydrogen-bond acceptors (Lipinski definition) is 0. The zero-order valence-electron chi connectivity index (χ0n) is 11.2. The fourth-order valence-corrected chi connectivity index (χ4v) is 2.73. The summed E-state index contributed by atoms with van der Waals surface area (Å²) in [6.07, 6.45) is 1.39. The molecule has 1 unspecified atom stereocenters. The summed E-state index contributed by atoms with van der Waals surface area (Å²) < 4.78 is 35.3. The van der Waals surface area contributed by atoms with Gasteiger partial charge in [0.15, 0.2) is 3.79 Å². The predicted octanol–water partition coefficient (Wildman–Crippen LogP) is 7.07. The van der Waals surface area contributed by atoms with Crippen molar-refractivity contribution in [1.82, 2.24) is 0 Å². The van der Waals surface area contributed by atoms with Gasteiger partial charge in [0.25, 0.3) is 0 Å². The average molecular weight is 342 g/mol. The molecule has 0 saturated carbocycles. The molecule has 1 atom stereocenters. The van der Waals surface area contributed by atoms with Gasteiger partial charge in [-0.2, -0.15) is 13.2 Å². The number of unbranched alkanes of at least 4 members (excludes halogenated alkanes) is 4. The third-order valence-corrected chi connectivity index (χ3v) is 3.54. The van der Waals surface area contributed by atoms with Crippen LogP contribution < -0.4 is 0 Å². The fourth-order valence-electron chi connectivity index (χ4n) is 2.08. The van der Waals surface area contributed by atoms with Crippen LogP contribution in [0.4, 0.5) is 13.2 Å².